The lowest BCUT2D eigenvalue weighted by molar-refractivity contribution is -0.189. The van der Waals surface area contributed by atoms with Gasteiger partial charge in [-0.1, -0.05) is 6.07 Å². The van der Waals surface area contributed by atoms with E-state index in [-0.39, 0.29) is 11.9 Å². The Bertz CT molecular complexity index is 657. The zero-order chi connectivity index (χ0) is 17.4. The van der Waals surface area contributed by atoms with Gasteiger partial charge in [0.2, 0.25) is 0 Å². The number of likely N-dealkylation sites (N-methyl/N-ethyl adjacent to an activating group) is 1. The summed E-state index contributed by atoms with van der Waals surface area (Å²) < 4.78 is 11.6. The van der Waals surface area contributed by atoms with Gasteiger partial charge in [0.25, 0.3) is 0 Å². The number of piperidine rings is 1. The second-order valence-corrected chi connectivity index (χ2v) is 7.44. The monoisotopic (exact) mass is 345 g/mol. The van der Waals surface area contributed by atoms with Crippen molar-refractivity contribution in [2.24, 2.45) is 5.92 Å². The Labute approximate surface area is 149 Å². The summed E-state index contributed by atoms with van der Waals surface area (Å²) in [5, 5.41) is 3.06. The molecular weight excluding hydrogens is 318 g/mol. The Kier molecular flexibility index (Phi) is 4.33. The van der Waals surface area contributed by atoms with E-state index in [4.69, 9.17) is 9.47 Å². The number of likely N-dealkylation sites (tertiary alicyclic amines) is 1. The molecule has 0 aromatic heterocycles. The van der Waals surface area contributed by atoms with Crippen LogP contribution in [0.1, 0.15) is 25.3 Å². The van der Waals surface area contributed by atoms with E-state index < -0.39 is 5.79 Å². The number of ether oxygens (including phenoxy) is 2. The highest BCUT2D eigenvalue weighted by Crippen LogP contribution is 2.34. The number of nitrogens with zero attached hydrogens (tertiary/aromatic N) is 2. The summed E-state index contributed by atoms with van der Waals surface area (Å²) in [5.41, 5.74) is 3.43. The normalized spacial score (nSPS) is 25.1. The fraction of sp³-hybridized carbons (Fsp3) is 0.632. The van der Waals surface area contributed by atoms with Gasteiger partial charge in [-0.05, 0) is 43.9 Å². The lowest BCUT2D eigenvalue weighted by Gasteiger charge is -2.39. The molecule has 25 heavy (non-hydrogen) atoms. The Balaban J connectivity index is 1.42. The highest BCUT2D eigenvalue weighted by atomic mass is 16.7. The number of nitrogens with one attached hydrogen (secondary N) is 1. The Morgan fingerprint density at radius 3 is 2.88 bits per heavy atom. The lowest BCUT2D eigenvalue weighted by atomic mass is 9.90. The van der Waals surface area contributed by atoms with Crippen molar-refractivity contribution >= 4 is 17.4 Å². The SMILES string of the molecule is CN1CCc2ccc(NC(=O)N3CCCC(C4(C)OCCO4)C3)cc21. The van der Waals surface area contributed by atoms with Gasteiger partial charge in [-0.3, -0.25) is 0 Å². The van der Waals surface area contributed by atoms with Crippen LogP contribution in [-0.2, 0) is 15.9 Å². The molecule has 0 saturated carbocycles. The van der Waals surface area contributed by atoms with Crippen molar-refractivity contribution in [1.29, 1.82) is 0 Å². The molecule has 1 unspecified atom stereocenters. The molecule has 0 spiro atoms. The minimum Gasteiger partial charge on any atom is -0.374 e. The van der Waals surface area contributed by atoms with Gasteiger partial charge in [-0.25, -0.2) is 4.79 Å². The first-order valence-corrected chi connectivity index (χ1v) is 9.23. The zero-order valence-electron chi connectivity index (χ0n) is 15.1. The second kappa shape index (κ2) is 6.50. The van der Waals surface area contributed by atoms with Gasteiger partial charge in [0, 0.05) is 44.0 Å². The maximum absolute atomic E-state index is 12.7. The minimum absolute atomic E-state index is 0.0353. The number of benzene rings is 1. The number of hydrogen-bond donors (Lipinski definition) is 1. The van der Waals surface area contributed by atoms with E-state index in [0.717, 1.165) is 38.0 Å². The predicted octanol–water partition coefficient (Wildman–Crippen LogP) is 2.69. The van der Waals surface area contributed by atoms with Crippen LogP contribution in [0.5, 0.6) is 0 Å². The molecule has 2 amide bonds. The molecule has 136 valence electrons. The molecule has 1 aromatic carbocycles. The first kappa shape index (κ1) is 16.7. The van der Waals surface area contributed by atoms with Crippen LogP contribution < -0.4 is 10.2 Å². The minimum atomic E-state index is -0.546. The third-order valence-electron chi connectivity index (χ3n) is 5.78. The maximum atomic E-state index is 12.7. The number of urea groups is 1. The van der Waals surface area contributed by atoms with Crippen LogP contribution in [0.3, 0.4) is 0 Å². The molecule has 1 atom stereocenters. The van der Waals surface area contributed by atoms with Gasteiger partial charge in [-0.15, -0.1) is 0 Å². The van der Waals surface area contributed by atoms with Crippen molar-refractivity contribution in [2.45, 2.75) is 32.0 Å². The highest BCUT2D eigenvalue weighted by molar-refractivity contribution is 5.90. The Hall–Kier alpha value is -1.79. The first-order chi connectivity index (χ1) is 12.0. The van der Waals surface area contributed by atoms with Crippen molar-refractivity contribution in [1.82, 2.24) is 4.90 Å². The van der Waals surface area contributed by atoms with Crippen molar-refractivity contribution in [3.8, 4) is 0 Å². The van der Waals surface area contributed by atoms with Gasteiger partial charge in [-0.2, -0.15) is 0 Å². The van der Waals surface area contributed by atoms with Crippen LogP contribution in [0.25, 0.3) is 0 Å². The molecule has 6 heteroatoms. The molecule has 0 aliphatic carbocycles. The Morgan fingerprint density at radius 1 is 1.28 bits per heavy atom. The summed E-state index contributed by atoms with van der Waals surface area (Å²) >= 11 is 0. The number of anilines is 2. The molecule has 2 saturated heterocycles. The fourth-order valence-electron chi connectivity index (χ4n) is 4.18. The second-order valence-electron chi connectivity index (χ2n) is 7.44. The molecule has 1 aromatic rings. The maximum Gasteiger partial charge on any atom is 0.321 e. The summed E-state index contributed by atoms with van der Waals surface area (Å²) in [7, 11) is 2.09. The molecule has 6 nitrogen and oxygen atoms in total. The van der Waals surface area contributed by atoms with Crippen LogP contribution in [0.15, 0.2) is 18.2 Å². The van der Waals surface area contributed by atoms with E-state index in [2.05, 4.69) is 29.4 Å². The quantitative estimate of drug-likeness (QED) is 0.895. The average Bonchev–Trinajstić information content (AvgIpc) is 3.23. The number of hydrogen-bond acceptors (Lipinski definition) is 4. The number of amides is 2. The summed E-state index contributed by atoms with van der Waals surface area (Å²) in [4.78, 5) is 16.9. The van der Waals surface area contributed by atoms with Crippen molar-refractivity contribution in [3.63, 3.8) is 0 Å². The van der Waals surface area contributed by atoms with Crippen molar-refractivity contribution < 1.29 is 14.3 Å². The summed E-state index contributed by atoms with van der Waals surface area (Å²) in [6.07, 6.45) is 3.09. The standard InChI is InChI=1S/C19H27N3O3/c1-19(24-10-11-25-19)15-4-3-8-22(13-15)18(23)20-16-6-5-14-7-9-21(2)17(14)12-16/h5-6,12,15H,3-4,7-11,13H2,1-2H3,(H,20,23). The molecule has 2 fully saturated rings. The van der Waals surface area contributed by atoms with Gasteiger partial charge >= 0.3 is 6.03 Å². The van der Waals surface area contributed by atoms with Crippen LogP contribution >= 0.6 is 0 Å². The summed E-state index contributed by atoms with van der Waals surface area (Å²) in [6.45, 7) is 5.78. The highest BCUT2D eigenvalue weighted by Gasteiger charge is 2.42. The van der Waals surface area contributed by atoms with E-state index >= 15 is 0 Å². The van der Waals surface area contributed by atoms with Crippen LogP contribution in [0.2, 0.25) is 0 Å². The van der Waals surface area contributed by atoms with E-state index in [1.807, 2.05) is 17.9 Å². The smallest absolute Gasteiger partial charge is 0.321 e. The molecule has 1 N–H and O–H groups in total. The predicted molar refractivity (Wildman–Crippen MR) is 97.0 cm³/mol. The largest absolute Gasteiger partial charge is 0.374 e. The third kappa shape index (κ3) is 3.20. The molecule has 3 aliphatic heterocycles. The van der Waals surface area contributed by atoms with Crippen LogP contribution in [-0.4, -0.2) is 56.6 Å². The van der Waals surface area contributed by atoms with Gasteiger partial charge in [0.05, 0.1) is 13.2 Å². The molecular formula is C19H27N3O3. The molecule has 3 aliphatic rings. The van der Waals surface area contributed by atoms with E-state index in [1.165, 1.54) is 11.3 Å². The topological polar surface area (TPSA) is 54.0 Å². The number of fused-ring (bicyclic) bond motifs is 1. The third-order valence-corrected chi connectivity index (χ3v) is 5.78. The van der Waals surface area contributed by atoms with Crippen LogP contribution in [0.4, 0.5) is 16.2 Å². The zero-order valence-corrected chi connectivity index (χ0v) is 15.1. The molecule has 4 rings (SSSR count). The van der Waals surface area contributed by atoms with Gasteiger partial charge in [0.1, 0.15) is 0 Å². The number of carbonyl (C=O) groups excluding carboxylic acids is 1. The van der Waals surface area contributed by atoms with E-state index in [9.17, 15) is 4.79 Å². The molecule has 0 radical (unpaired) electrons. The number of carbonyl (C=O) groups is 1. The lowest BCUT2D eigenvalue weighted by Crippen LogP contribution is -2.49. The van der Waals surface area contributed by atoms with Crippen LogP contribution in [0, 0.1) is 5.92 Å². The summed E-state index contributed by atoms with van der Waals surface area (Å²) in [6, 6.07) is 6.16. The van der Waals surface area contributed by atoms with Crippen molar-refractivity contribution in [2.75, 3.05) is 50.1 Å². The fourth-order valence-corrected chi connectivity index (χ4v) is 4.18. The van der Waals surface area contributed by atoms with E-state index in [0.29, 0.717) is 19.8 Å². The van der Waals surface area contributed by atoms with Gasteiger partial charge in [0.15, 0.2) is 5.79 Å². The first-order valence-electron chi connectivity index (χ1n) is 9.23. The summed E-state index contributed by atoms with van der Waals surface area (Å²) in [5.74, 6) is -0.324. The molecule has 0 bridgehead atoms. The van der Waals surface area contributed by atoms with Crippen molar-refractivity contribution in [3.05, 3.63) is 23.8 Å². The molecule has 3 heterocycles. The average molecular weight is 345 g/mol. The van der Waals surface area contributed by atoms with Gasteiger partial charge < -0.3 is 24.6 Å². The van der Waals surface area contributed by atoms with E-state index in [1.54, 1.807) is 0 Å². The number of rotatable bonds is 2. The Morgan fingerprint density at radius 2 is 2.08 bits per heavy atom.